The van der Waals surface area contributed by atoms with E-state index in [9.17, 15) is 4.79 Å². The van der Waals surface area contributed by atoms with Gasteiger partial charge in [0.1, 0.15) is 0 Å². The number of amides is 1. The van der Waals surface area contributed by atoms with Gasteiger partial charge in [0, 0.05) is 29.7 Å². The van der Waals surface area contributed by atoms with Crippen molar-refractivity contribution in [3.05, 3.63) is 33.8 Å². The first kappa shape index (κ1) is 15.0. The number of hydrogen-bond acceptors (Lipinski definition) is 2. The third-order valence-electron chi connectivity index (χ3n) is 5.00. The average molecular weight is 351 g/mol. The second kappa shape index (κ2) is 6.09. The van der Waals surface area contributed by atoms with Crippen molar-refractivity contribution in [2.75, 3.05) is 19.6 Å². The highest BCUT2D eigenvalue weighted by molar-refractivity contribution is 9.10. The fourth-order valence-corrected chi connectivity index (χ4v) is 4.15. The molecule has 0 radical (unpaired) electrons. The predicted octanol–water partition coefficient (Wildman–Crippen LogP) is 3.51. The molecule has 1 spiro atoms. The maximum atomic E-state index is 13.1. The summed E-state index contributed by atoms with van der Waals surface area (Å²) in [5.41, 5.74) is 1.95. The lowest BCUT2D eigenvalue weighted by Gasteiger charge is -2.50. The molecule has 1 N–H and O–H groups in total. The summed E-state index contributed by atoms with van der Waals surface area (Å²) in [4.78, 5) is 15.3. The van der Waals surface area contributed by atoms with E-state index in [1.165, 1.54) is 19.3 Å². The molecule has 1 amide bonds. The third-order valence-corrected chi connectivity index (χ3v) is 5.49. The maximum Gasteiger partial charge on any atom is 0.254 e. The van der Waals surface area contributed by atoms with Crippen molar-refractivity contribution in [2.45, 2.75) is 44.6 Å². The molecular formula is C17H23BrN2O. The lowest BCUT2D eigenvalue weighted by Crippen LogP contribution is -2.63. The van der Waals surface area contributed by atoms with E-state index in [0.717, 1.165) is 48.1 Å². The lowest BCUT2D eigenvalue weighted by molar-refractivity contribution is 0.0222. The van der Waals surface area contributed by atoms with Gasteiger partial charge >= 0.3 is 0 Å². The Labute approximate surface area is 135 Å². The van der Waals surface area contributed by atoms with Crippen molar-refractivity contribution in [1.82, 2.24) is 10.2 Å². The fraction of sp³-hybridized carbons (Fsp3) is 0.588. The second-order valence-electron chi connectivity index (χ2n) is 6.38. The largest absolute Gasteiger partial charge is 0.330 e. The van der Waals surface area contributed by atoms with Gasteiger partial charge < -0.3 is 10.2 Å². The van der Waals surface area contributed by atoms with Gasteiger partial charge in [-0.15, -0.1) is 0 Å². The molecule has 0 aromatic heterocycles. The summed E-state index contributed by atoms with van der Waals surface area (Å²) in [6, 6.07) is 5.99. The van der Waals surface area contributed by atoms with E-state index < -0.39 is 0 Å². The molecule has 1 aromatic rings. The van der Waals surface area contributed by atoms with Crippen LogP contribution in [-0.2, 0) is 0 Å². The van der Waals surface area contributed by atoms with Crippen LogP contribution in [0.15, 0.2) is 22.7 Å². The summed E-state index contributed by atoms with van der Waals surface area (Å²) >= 11 is 3.49. The SMILES string of the molecule is Cc1ccc(Br)cc1C(=O)N1CCNCC12CCCCC2. The number of rotatable bonds is 1. The molecule has 0 atom stereocenters. The highest BCUT2D eigenvalue weighted by Gasteiger charge is 2.42. The van der Waals surface area contributed by atoms with E-state index in [-0.39, 0.29) is 11.4 Å². The van der Waals surface area contributed by atoms with E-state index >= 15 is 0 Å². The Morgan fingerprint density at radius 1 is 1.29 bits per heavy atom. The number of hydrogen-bond donors (Lipinski definition) is 1. The molecule has 1 aliphatic carbocycles. The van der Waals surface area contributed by atoms with E-state index in [1.54, 1.807) is 0 Å². The topological polar surface area (TPSA) is 32.3 Å². The van der Waals surface area contributed by atoms with Gasteiger partial charge in [-0.25, -0.2) is 0 Å². The van der Waals surface area contributed by atoms with Crippen molar-refractivity contribution >= 4 is 21.8 Å². The summed E-state index contributed by atoms with van der Waals surface area (Å²) in [6.07, 6.45) is 6.06. The highest BCUT2D eigenvalue weighted by Crippen LogP contribution is 2.36. The smallest absolute Gasteiger partial charge is 0.254 e. The zero-order valence-electron chi connectivity index (χ0n) is 12.6. The Bertz CT molecular complexity index is 529. The van der Waals surface area contributed by atoms with Crippen molar-refractivity contribution in [3.63, 3.8) is 0 Å². The van der Waals surface area contributed by atoms with Crippen molar-refractivity contribution in [2.24, 2.45) is 0 Å². The minimum atomic E-state index is 0.0440. The van der Waals surface area contributed by atoms with E-state index in [4.69, 9.17) is 0 Å². The summed E-state index contributed by atoms with van der Waals surface area (Å²) in [5, 5.41) is 3.50. The van der Waals surface area contributed by atoms with Crippen LogP contribution in [0.3, 0.4) is 0 Å². The number of halogens is 1. The monoisotopic (exact) mass is 350 g/mol. The van der Waals surface area contributed by atoms with Gasteiger partial charge in [0.25, 0.3) is 5.91 Å². The molecule has 3 rings (SSSR count). The Balaban J connectivity index is 1.92. The van der Waals surface area contributed by atoms with Crippen molar-refractivity contribution in [1.29, 1.82) is 0 Å². The Kier molecular flexibility index (Phi) is 4.36. The molecule has 1 saturated carbocycles. The molecule has 21 heavy (non-hydrogen) atoms. The number of carbonyl (C=O) groups is 1. The zero-order chi connectivity index (χ0) is 14.9. The molecular weight excluding hydrogens is 328 g/mol. The Hall–Kier alpha value is -0.870. The lowest BCUT2D eigenvalue weighted by atomic mass is 9.78. The van der Waals surface area contributed by atoms with Crippen LogP contribution in [-0.4, -0.2) is 36.0 Å². The van der Waals surface area contributed by atoms with Gasteiger partial charge in [0.15, 0.2) is 0 Å². The van der Waals surface area contributed by atoms with Crippen LogP contribution in [0.5, 0.6) is 0 Å². The normalized spacial score (nSPS) is 21.5. The van der Waals surface area contributed by atoms with Gasteiger partial charge in [0.05, 0.1) is 5.54 Å². The summed E-state index contributed by atoms with van der Waals surface area (Å²) < 4.78 is 0.976. The molecule has 1 saturated heterocycles. The van der Waals surface area contributed by atoms with Crippen LogP contribution in [0.2, 0.25) is 0 Å². The zero-order valence-corrected chi connectivity index (χ0v) is 14.2. The van der Waals surface area contributed by atoms with Crippen LogP contribution in [0.25, 0.3) is 0 Å². The van der Waals surface area contributed by atoms with Crippen LogP contribution in [0.1, 0.15) is 48.0 Å². The van der Waals surface area contributed by atoms with Gasteiger partial charge in [0.2, 0.25) is 0 Å². The number of aryl methyl sites for hydroxylation is 1. The van der Waals surface area contributed by atoms with Crippen LogP contribution < -0.4 is 5.32 Å². The highest BCUT2D eigenvalue weighted by atomic mass is 79.9. The number of carbonyl (C=O) groups excluding carboxylic acids is 1. The molecule has 4 heteroatoms. The third kappa shape index (κ3) is 2.88. The summed E-state index contributed by atoms with van der Waals surface area (Å²) in [7, 11) is 0. The first-order valence-corrected chi connectivity index (χ1v) is 8.71. The first-order valence-electron chi connectivity index (χ1n) is 7.91. The van der Waals surface area contributed by atoms with Crippen LogP contribution in [0.4, 0.5) is 0 Å². The standard InChI is InChI=1S/C17H23BrN2O/c1-13-5-6-14(18)11-15(13)16(21)20-10-9-19-12-17(20)7-3-2-4-8-17/h5-6,11,19H,2-4,7-10,12H2,1H3. The van der Waals surface area contributed by atoms with Gasteiger partial charge in [-0.05, 0) is 37.5 Å². The molecule has 3 nitrogen and oxygen atoms in total. The molecule has 1 heterocycles. The minimum absolute atomic E-state index is 0.0440. The fourth-order valence-electron chi connectivity index (χ4n) is 3.79. The molecule has 114 valence electrons. The second-order valence-corrected chi connectivity index (χ2v) is 7.29. The number of nitrogens with zero attached hydrogens (tertiary/aromatic N) is 1. The van der Waals surface area contributed by atoms with Gasteiger partial charge in [-0.3, -0.25) is 4.79 Å². The number of benzene rings is 1. The molecule has 0 bridgehead atoms. The predicted molar refractivity (Wildman–Crippen MR) is 88.6 cm³/mol. The molecule has 1 aliphatic heterocycles. The molecule has 1 aromatic carbocycles. The van der Waals surface area contributed by atoms with Crippen molar-refractivity contribution < 1.29 is 4.79 Å². The summed E-state index contributed by atoms with van der Waals surface area (Å²) in [5.74, 6) is 0.206. The average Bonchev–Trinajstić information content (AvgIpc) is 2.50. The van der Waals surface area contributed by atoms with Gasteiger partial charge in [-0.1, -0.05) is 41.3 Å². The van der Waals surface area contributed by atoms with E-state index in [2.05, 4.69) is 26.1 Å². The number of nitrogens with one attached hydrogen (secondary N) is 1. The Morgan fingerprint density at radius 3 is 2.81 bits per heavy atom. The first-order chi connectivity index (χ1) is 10.1. The molecule has 2 aliphatic rings. The minimum Gasteiger partial charge on any atom is -0.330 e. The van der Waals surface area contributed by atoms with Crippen molar-refractivity contribution in [3.8, 4) is 0 Å². The number of piperazine rings is 1. The van der Waals surface area contributed by atoms with E-state index in [0.29, 0.717) is 0 Å². The Morgan fingerprint density at radius 2 is 2.05 bits per heavy atom. The quantitative estimate of drug-likeness (QED) is 0.840. The van der Waals surface area contributed by atoms with Crippen LogP contribution >= 0.6 is 15.9 Å². The molecule has 2 fully saturated rings. The van der Waals surface area contributed by atoms with Gasteiger partial charge in [-0.2, -0.15) is 0 Å². The summed E-state index contributed by atoms with van der Waals surface area (Å²) in [6.45, 7) is 4.70. The maximum absolute atomic E-state index is 13.1. The van der Waals surface area contributed by atoms with E-state index in [1.807, 2.05) is 25.1 Å². The van der Waals surface area contributed by atoms with Crippen LogP contribution in [0, 0.1) is 6.92 Å². The molecule has 0 unspecified atom stereocenters.